The van der Waals surface area contributed by atoms with Gasteiger partial charge in [0.2, 0.25) is 0 Å². The van der Waals surface area contributed by atoms with Crippen LogP contribution in [0.5, 0.6) is 0 Å². The number of rotatable bonds is 7. The van der Waals surface area contributed by atoms with Crippen molar-refractivity contribution in [3.63, 3.8) is 0 Å². The van der Waals surface area contributed by atoms with Crippen molar-refractivity contribution in [3.05, 3.63) is 0 Å². The maximum atomic E-state index is 3.53. The average molecular weight is 240 g/mol. The van der Waals surface area contributed by atoms with E-state index >= 15 is 0 Å². The van der Waals surface area contributed by atoms with E-state index in [4.69, 9.17) is 0 Å². The van der Waals surface area contributed by atoms with E-state index < -0.39 is 0 Å². The zero-order valence-electron chi connectivity index (χ0n) is 12.5. The van der Waals surface area contributed by atoms with Gasteiger partial charge in [0.15, 0.2) is 0 Å². The summed E-state index contributed by atoms with van der Waals surface area (Å²) in [4.78, 5) is 2.75. The molecule has 0 radical (unpaired) electrons. The molecule has 0 aromatic rings. The lowest BCUT2D eigenvalue weighted by atomic mass is 9.95. The van der Waals surface area contributed by atoms with E-state index in [1.807, 2.05) is 0 Å². The Morgan fingerprint density at radius 3 is 2.24 bits per heavy atom. The molecule has 0 spiro atoms. The fourth-order valence-electron chi connectivity index (χ4n) is 3.06. The fraction of sp³-hybridized carbons (Fsp3) is 1.00. The van der Waals surface area contributed by atoms with Gasteiger partial charge in [-0.05, 0) is 43.7 Å². The molecule has 2 atom stereocenters. The van der Waals surface area contributed by atoms with Gasteiger partial charge in [-0.1, -0.05) is 34.6 Å². The van der Waals surface area contributed by atoms with Crippen LogP contribution in [0.25, 0.3) is 0 Å². The molecule has 1 saturated heterocycles. The van der Waals surface area contributed by atoms with E-state index in [0.717, 1.165) is 23.8 Å². The summed E-state index contributed by atoms with van der Waals surface area (Å²) >= 11 is 0. The van der Waals surface area contributed by atoms with E-state index in [1.54, 1.807) is 0 Å². The molecule has 1 heterocycles. The van der Waals surface area contributed by atoms with Gasteiger partial charge < -0.3 is 5.32 Å². The summed E-state index contributed by atoms with van der Waals surface area (Å²) in [5.41, 5.74) is 0. The van der Waals surface area contributed by atoms with Gasteiger partial charge in [0.05, 0.1) is 0 Å². The van der Waals surface area contributed by atoms with E-state index in [0.29, 0.717) is 0 Å². The Kier molecular flexibility index (Phi) is 6.50. The van der Waals surface area contributed by atoms with Gasteiger partial charge in [0, 0.05) is 19.1 Å². The van der Waals surface area contributed by atoms with Gasteiger partial charge in [-0.25, -0.2) is 0 Å². The summed E-state index contributed by atoms with van der Waals surface area (Å²) in [7, 11) is 0. The second kappa shape index (κ2) is 7.38. The molecule has 17 heavy (non-hydrogen) atoms. The first-order chi connectivity index (χ1) is 8.08. The van der Waals surface area contributed by atoms with Crippen LogP contribution >= 0.6 is 0 Å². The molecule has 2 nitrogen and oxygen atoms in total. The smallest absolute Gasteiger partial charge is 0.00902 e. The summed E-state index contributed by atoms with van der Waals surface area (Å²) in [6.45, 7) is 16.7. The number of hydrogen-bond acceptors (Lipinski definition) is 2. The maximum Gasteiger partial charge on any atom is 0.00902 e. The van der Waals surface area contributed by atoms with Crippen LogP contribution in [0.3, 0.4) is 0 Å². The topological polar surface area (TPSA) is 15.3 Å². The van der Waals surface area contributed by atoms with Gasteiger partial charge in [0.1, 0.15) is 0 Å². The highest BCUT2D eigenvalue weighted by Crippen LogP contribution is 2.21. The van der Waals surface area contributed by atoms with E-state index in [2.05, 4.69) is 44.8 Å². The highest BCUT2D eigenvalue weighted by atomic mass is 15.2. The molecule has 1 N–H and O–H groups in total. The Morgan fingerprint density at radius 1 is 1.18 bits per heavy atom. The quantitative estimate of drug-likeness (QED) is 0.736. The SMILES string of the molecule is CCC(CC)N(CC(C)C)CC1CNCC1C. The molecule has 1 aliphatic heterocycles. The molecule has 1 rings (SSSR count). The minimum Gasteiger partial charge on any atom is -0.316 e. The van der Waals surface area contributed by atoms with Crippen molar-refractivity contribution in [1.29, 1.82) is 0 Å². The zero-order valence-corrected chi connectivity index (χ0v) is 12.5. The molecule has 102 valence electrons. The van der Waals surface area contributed by atoms with Crippen molar-refractivity contribution in [3.8, 4) is 0 Å². The van der Waals surface area contributed by atoms with Gasteiger partial charge in [0.25, 0.3) is 0 Å². The first-order valence-corrected chi connectivity index (χ1v) is 7.53. The Morgan fingerprint density at radius 2 is 1.82 bits per heavy atom. The Hall–Kier alpha value is -0.0800. The first kappa shape index (κ1) is 15.0. The molecule has 0 aromatic carbocycles. The highest BCUT2D eigenvalue weighted by Gasteiger charge is 2.27. The predicted molar refractivity (Wildman–Crippen MR) is 76.3 cm³/mol. The fourth-order valence-corrected chi connectivity index (χ4v) is 3.06. The second-order valence-corrected chi connectivity index (χ2v) is 6.21. The third-order valence-electron chi connectivity index (χ3n) is 4.21. The monoisotopic (exact) mass is 240 g/mol. The predicted octanol–water partition coefficient (Wildman–Crippen LogP) is 2.99. The Balaban J connectivity index is 2.55. The Labute approximate surface area is 108 Å². The minimum absolute atomic E-state index is 0.778. The highest BCUT2D eigenvalue weighted by molar-refractivity contribution is 4.83. The van der Waals surface area contributed by atoms with Crippen LogP contribution in [0, 0.1) is 17.8 Å². The minimum atomic E-state index is 0.778. The molecule has 2 heteroatoms. The third kappa shape index (κ3) is 4.59. The van der Waals surface area contributed by atoms with Crippen LogP contribution in [-0.2, 0) is 0 Å². The van der Waals surface area contributed by atoms with Crippen molar-refractivity contribution in [2.75, 3.05) is 26.2 Å². The van der Waals surface area contributed by atoms with Crippen molar-refractivity contribution in [2.45, 2.75) is 53.5 Å². The lowest BCUT2D eigenvalue weighted by Gasteiger charge is -2.34. The molecule has 2 unspecified atom stereocenters. The molecule has 0 amide bonds. The van der Waals surface area contributed by atoms with Gasteiger partial charge >= 0.3 is 0 Å². The lowest BCUT2D eigenvalue weighted by Crippen LogP contribution is -2.41. The second-order valence-electron chi connectivity index (χ2n) is 6.21. The van der Waals surface area contributed by atoms with Crippen molar-refractivity contribution >= 4 is 0 Å². The molecule has 1 aliphatic rings. The summed E-state index contributed by atoms with van der Waals surface area (Å²) in [5, 5.41) is 3.53. The standard InChI is InChI=1S/C15H32N2/c1-6-15(7-2)17(10-12(3)4)11-14-9-16-8-13(14)5/h12-16H,6-11H2,1-5H3. The zero-order chi connectivity index (χ0) is 12.8. The molecule has 0 aliphatic carbocycles. The summed E-state index contributed by atoms with van der Waals surface area (Å²) in [6, 6.07) is 0.783. The van der Waals surface area contributed by atoms with Gasteiger partial charge in [-0.2, -0.15) is 0 Å². The Bertz CT molecular complexity index is 199. The summed E-state index contributed by atoms with van der Waals surface area (Å²) in [5.74, 6) is 2.48. The van der Waals surface area contributed by atoms with Crippen LogP contribution in [0.1, 0.15) is 47.5 Å². The molecule has 0 bridgehead atoms. The summed E-state index contributed by atoms with van der Waals surface area (Å²) < 4.78 is 0. The van der Waals surface area contributed by atoms with Crippen LogP contribution in [0.4, 0.5) is 0 Å². The largest absolute Gasteiger partial charge is 0.316 e. The molecule has 0 saturated carbocycles. The van der Waals surface area contributed by atoms with Crippen molar-refractivity contribution in [2.24, 2.45) is 17.8 Å². The maximum absolute atomic E-state index is 3.53. The molecular formula is C15H32N2. The normalized spacial score (nSPS) is 25.4. The number of nitrogens with zero attached hydrogens (tertiary/aromatic N) is 1. The molecule has 0 aromatic heterocycles. The molecular weight excluding hydrogens is 208 g/mol. The summed E-state index contributed by atoms with van der Waals surface area (Å²) in [6.07, 6.45) is 2.58. The lowest BCUT2D eigenvalue weighted by molar-refractivity contribution is 0.134. The number of hydrogen-bond donors (Lipinski definition) is 1. The van der Waals surface area contributed by atoms with Crippen LogP contribution < -0.4 is 5.32 Å². The van der Waals surface area contributed by atoms with Crippen molar-refractivity contribution < 1.29 is 0 Å². The van der Waals surface area contributed by atoms with E-state index in [9.17, 15) is 0 Å². The third-order valence-corrected chi connectivity index (χ3v) is 4.21. The van der Waals surface area contributed by atoms with E-state index in [-0.39, 0.29) is 0 Å². The van der Waals surface area contributed by atoms with Crippen LogP contribution in [-0.4, -0.2) is 37.1 Å². The average Bonchev–Trinajstić information content (AvgIpc) is 2.65. The van der Waals surface area contributed by atoms with Crippen LogP contribution in [0.2, 0.25) is 0 Å². The first-order valence-electron chi connectivity index (χ1n) is 7.53. The number of nitrogens with one attached hydrogen (secondary N) is 1. The van der Waals surface area contributed by atoms with Gasteiger partial charge in [-0.3, -0.25) is 4.90 Å². The molecule has 1 fully saturated rings. The van der Waals surface area contributed by atoms with Crippen LogP contribution in [0.15, 0.2) is 0 Å². The van der Waals surface area contributed by atoms with E-state index in [1.165, 1.54) is 39.0 Å². The van der Waals surface area contributed by atoms with Gasteiger partial charge in [-0.15, -0.1) is 0 Å². The van der Waals surface area contributed by atoms with Crippen molar-refractivity contribution in [1.82, 2.24) is 10.2 Å².